The van der Waals surface area contributed by atoms with Crippen LogP contribution in [0.5, 0.6) is 5.75 Å². The second-order valence-electron chi connectivity index (χ2n) is 15.8. The molecule has 0 saturated carbocycles. The maximum absolute atomic E-state index is 6.65. The molecule has 0 radical (unpaired) electrons. The zero-order valence-corrected chi connectivity index (χ0v) is 32.2. The van der Waals surface area contributed by atoms with E-state index in [1.807, 2.05) is 0 Å². The molecule has 2 aliphatic carbocycles. The Labute approximate surface area is 342 Å². The van der Waals surface area contributed by atoms with Crippen LogP contribution in [0.1, 0.15) is 34.6 Å². The summed E-state index contributed by atoms with van der Waals surface area (Å²) in [5.74, 6) is 3.02. The summed E-state index contributed by atoms with van der Waals surface area (Å²) in [6.07, 6.45) is 13.1. The van der Waals surface area contributed by atoms with Gasteiger partial charge in [0.25, 0.3) is 0 Å². The molecule has 3 aliphatic rings. The highest BCUT2D eigenvalue weighted by Crippen LogP contribution is 2.49. The predicted molar refractivity (Wildman–Crippen MR) is 242 cm³/mol. The normalized spacial score (nSPS) is 16.4. The van der Waals surface area contributed by atoms with E-state index in [0.29, 0.717) is 17.5 Å². The summed E-state index contributed by atoms with van der Waals surface area (Å²) in [5.41, 5.74) is 11.5. The van der Waals surface area contributed by atoms with Crippen molar-refractivity contribution in [1.29, 1.82) is 0 Å². The van der Waals surface area contributed by atoms with E-state index in [0.717, 1.165) is 57.2 Å². The van der Waals surface area contributed by atoms with Gasteiger partial charge in [0.1, 0.15) is 11.9 Å². The van der Waals surface area contributed by atoms with Crippen LogP contribution in [0.2, 0.25) is 0 Å². The Morgan fingerprint density at radius 3 is 2.07 bits per heavy atom. The second-order valence-corrected chi connectivity index (χ2v) is 15.8. The summed E-state index contributed by atoms with van der Waals surface area (Å²) in [7, 11) is 0. The molecule has 1 aliphatic heterocycles. The van der Waals surface area contributed by atoms with Gasteiger partial charge in [0, 0.05) is 22.3 Å². The van der Waals surface area contributed by atoms with Crippen LogP contribution in [0.15, 0.2) is 182 Å². The molecule has 0 bridgehead atoms. The summed E-state index contributed by atoms with van der Waals surface area (Å²) >= 11 is 0. The summed E-state index contributed by atoms with van der Waals surface area (Å²) in [6, 6.07) is 56.5. The maximum atomic E-state index is 6.65. The van der Waals surface area contributed by atoms with Crippen LogP contribution >= 0.6 is 0 Å². The number of hydrogen-bond donors (Lipinski definition) is 0. The van der Waals surface area contributed by atoms with E-state index in [1.54, 1.807) is 0 Å². The topological polar surface area (TPSA) is 47.9 Å². The smallest absolute Gasteiger partial charge is 0.164 e. The van der Waals surface area contributed by atoms with Crippen LogP contribution in [0, 0.1) is 0 Å². The third-order valence-electron chi connectivity index (χ3n) is 12.3. The SMILES string of the molecule is C1=CC2Oc3cc(-c4ccc5ccccc5c4)ccc3C2C(c2ccc(-c3nc(-c4ccc5c(c4)C=CCC5)nc(-c4cc5ccccc5c5ccccc45)n3)cc2)=C1. The Bertz CT molecular complexity index is 3270. The number of allylic oxidation sites excluding steroid dienone is 3. The van der Waals surface area contributed by atoms with Gasteiger partial charge in [0.05, 0.1) is 5.92 Å². The third kappa shape index (κ3) is 5.79. The first-order valence-electron chi connectivity index (χ1n) is 20.5. The molecule has 2 heterocycles. The van der Waals surface area contributed by atoms with Crippen molar-refractivity contribution in [3.63, 3.8) is 0 Å². The number of benzene rings is 8. The van der Waals surface area contributed by atoms with Crippen molar-refractivity contribution in [2.24, 2.45) is 0 Å². The van der Waals surface area contributed by atoms with Crippen molar-refractivity contribution < 1.29 is 4.74 Å². The molecule has 2 atom stereocenters. The minimum Gasteiger partial charge on any atom is -0.485 e. The molecule has 2 unspecified atom stereocenters. The largest absolute Gasteiger partial charge is 0.485 e. The van der Waals surface area contributed by atoms with Crippen molar-refractivity contribution in [2.45, 2.75) is 24.9 Å². The molecule has 8 aromatic carbocycles. The van der Waals surface area contributed by atoms with Crippen LogP contribution in [0.3, 0.4) is 0 Å². The number of nitrogens with zero attached hydrogens (tertiary/aromatic N) is 3. The molecule has 0 N–H and O–H groups in total. The Morgan fingerprint density at radius 1 is 0.508 bits per heavy atom. The van der Waals surface area contributed by atoms with Gasteiger partial charge in [-0.3, -0.25) is 0 Å². The van der Waals surface area contributed by atoms with Gasteiger partial charge in [-0.2, -0.15) is 0 Å². The molecule has 1 aromatic heterocycles. The number of rotatable bonds is 5. The highest BCUT2D eigenvalue weighted by molar-refractivity contribution is 6.13. The van der Waals surface area contributed by atoms with Crippen LogP contribution in [-0.2, 0) is 6.42 Å². The van der Waals surface area contributed by atoms with Gasteiger partial charge < -0.3 is 4.74 Å². The molecule has 4 nitrogen and oxygen atoms in total. The first-order chi connectivity index (χ1) is 29.2. The van der Waals surface area contributed by atoms with E-state index in [4.69, 9.17) is 19.7 Å². The lowest BCUT2D eigenvalue weighted by atomic mass is 9.81. The van der Waals surface area contributed by atoms with Crippen LogP contribution in [-0.4, -0.2) is 21.1 Å². The lowest BCUT2D eigenvalue weighted by molar-refractivity contribution is 0.272. The molecule has 12 rings (SSSR count). The number of fused-ring (bicyclic) bond motifs is 8. The number of aryl methyl sites for hydroxylation is 1. The second kappa shape index (κ2) is 13.6. The lowest BCUT2D eigenvalue weighted by Crippen LogP contribution is -2.19. The summed E-state index contributed by atoms with van der Waals surface area (Å²) in [6.45, 7) is 0. The van der Waals surface area contributed by atoms with E-state index in [2.05, 4.69) is 188 Å². The van der Waals surface area contributed by atoms with E-state index in [1.165, 1.54) is 49.4 Å². The minimum atomic E-state index is -0.0617. The molecule has 4 heteroatoms. The van der Waals surface area contributed by atoms with Crippen molar-refractivity contribution in [2.75, 3.05) is 0 Å². The molecule has 0 spiro atoms. The molecule has 0 amide bonds. The van der Waals surface area contributed by atoms with Crippen molar-refractivity contribution in [3.8, 4) is 51.0 Å². The third-order valence-corrected chi connectivity index (χ3v) is 12.3. The highest BCUT2D eigenvalue weighted by Gasteiger charge is 2.37. The van der Waals surface area contributed by atoms with Crippen molar-refractivity contribution >= 4 is 44.0 Å². The summed E-state index contributed by atoms with van der Waals surface area (Å²) in [4.78, 5) is 15.6. The molecule has 0 saturated heterocycles. The fourth-order valence-electron chi connectivity index (χ4n) is 9.35. The van der Waals surface area contributed by atoms with Crippen LogP contribution in [0.25, 0.3) is 89.3 Å². The summed E-state index contributed by atoms with van der Waals surface area (Å²) < 4.78 is 6.65. The minimum absolute atomic E-state index is 0.0617. The van der Waals surface area contributed by atoms with Gasteiger partial charge >= 0.3 is 0 Å². The fourth-order valence-corrected chi connectivity index (χ4v) is 9.35. The average molecular weight is 756 g/mol. The lowest BCUT2D eigenvalue weighted by Gasteiger charge is -2.23. The van der Waals surface area contributed by atoms with Crippen molar-refractivity contribution in [3.05, 3.63) is 204 Å². The molecule has 278 valence electrons. The molecule has 0 fully saturated rings. The number of aromatic nitrogens is 3. The number of hydrogen-bond acceptors (Lipinski definition) is 4. The highest BCUT2D eigenvalue weighted by atomic mass is 16.5. The van der Waals surface area contributed by atoms with Gasteiger partial charge in [-0.15, -0.1) is 0 Å². The zero-order valence-electron chi connectivity index (χ0n) is 32.2. The van der Waals surface area contributed by atoms with Gasteiger partial charge in [-0.1, -0.05) is 158 Å². The van der Waals surface area contributed by atoms with E-state index < -0.39 is 0 Å². The molecule has 59 heavy (non-hydrogen) atoms. The van der Waals surface area contributed by atoms with E-state index >= 15 is 0 Å². The monoisotopic (exact) mass is 755 g/mol. The van der Waals surface area contributed by atoms with E-state index in [9.17, 15) is 0 Å². The van der Waals surface area contributed by atoms with Gasteiger partial charge in [-0.25, -0.2) is 15.0 Å². The first-order valence-corrected chi connectivity index (χ1v) is 20.5. The first kappa shape index (κ1) is 33.7. The van der Waals surface area contributed by atoms with Crippen LogP contribution in [0.4, 0.5) is 0 Å². The quantitative estimate of drug-likeness (QED) is 0.164. The van der Waals surface area contributed by atoms with Gasteiger partial charge in [0.2, 0.25) is 0 Å². The Balaban J connectivity index is 0.929. The van der Waals surface area contributed by atoms with E-state index in [-0.39, 0.29) is 12.0 Å². The Morgan fingerprint density at radius 2 is 1.19 bits per heavy atom. The standard InChI is InChI=1S/C55H37N3O/c1-3-12-38-30-40(26-20-34(38)10-1)41-28-29-48-51(33-41)59-50-19-9-18-45(52(48)50)36-22-24-37(25-23-36)53-56-54(43-27-21-35-11-2-4-13-39(35)31-43)58-55(57-53)49-32-42-14-5-6-15-44(42)46-16-7-8-17-47(46)49/h1,3-10,12-33,50,52H,2,11H2. The fraction of sp³-hybridized carbons (Fsp3) is 0.0727. The average Bonchev–Trinajstić information content (AvgIpc) is 3.69. The summed E-state index contributed by atoms with van der Waals surface area (Å²) in [5, 5.41) is 7.15. The molecular formula is C55H37N3O. The van der Waals surface area contributed by atoms with Crippen LogP contribution < -0.4 is 4.74 Å². The van der Waals surface area contributed by atoms with Gasteiger partial charge in [0.15, 0.2) is 17.5 Å². The van der Waals surface area contributed by atoms with Gasteiger partial charge in [-0.05, 0) is 109 Å². The molecule has 9 aromatic rings. The zero-order chi connectivity index (χ0) is 38.9. The maximum Gasteiger partial charge on any atom is 0.164 e. The van der Waals surface area contributed by atoms with Crippen molar-refractivity contribution in [1.82, 2.24) is 15.0 Å². The predicted octanol–water partition coefficient (Wildman–Crippen LogP) is 13.5. The number of ether oxygens (including phenoxy) is 1. The molecular weight excluding hydrogens is 719 g/mol. The Hall–Kier alpha value is -7.43. The Kier molecular flexibility index (Phi) is 7.77.